The molecular formula is C22H27N3O2S. The fraction of sp³-hybridized carbons (Fsp3) is 0.364. The Morgan fingerprint density at radius 2 is 1.68 bits per heavy atom. The highest BCUT2D eigenvalue weighted by Gasteiger charge is 2.14. The van der Waals surface area contributed by atoms with Gasteiger partial charge in [0.1, 0.15) is 0 Å². The summed E-state index contributed by atoms with van der Waals surface area (Å²) in [5.74, 6) is 2.05. The third kappa shape index (κ3) is 5.59. The Balaban J connectivity index is 1.65. The largest absolute Gasteiger partial charge is 0.326 e. The lowest BCUT2D eigenvalue weighted by atomic mass is 10.1. The van der Waals surface area contributed by atoms with E-state index >= 15 is 0 Å². The fourth-order valence-electron chi connectivity index (χ4n) is 2.97. The molecule has 0 aromatic heterocycles. The van der Waals surface area contributed by atoms with Gasteiger partial charge >= 0.3 is 0 Å². The van der Waals surface area contributed by atoms with Crippen LogP contribution in [0.3, 0.4) is 0 Å². The van der Waals surface area contributed by atoms with E-state index in [9.17, 15) is 9.59 Å². The Hall–Kier alpha value is -2.31. The minimum atomic E-state index is -0.150. The van der Waals surface area contributed by atoms with Gasteiger partial charge in [0.25, 0.3) is 5.91 Å². The van der Waals surface area contributed by atoms with Crippen LogP contribution in [0.15, 0.2) is 48.5 Å². The molecule has 0 spiro atoms. The number of carbonyl (C=O) groups excluding carboxylic acids is 2. The molecule has 1 fully saturated rings. The Morgan fingerprint density at radius 1 is 1.00 bits per heavy atom. The van der Waals surface area contributed by atoms with Crippen molar-refractivity contribution < 1.29 is 9.59 Å². The Labute approximate surface area is 170 Å². The van der Waals surface area contributed by atoms with Crippen LogP contribution in [0, 0.1) is 5.92 Å². The van der Waals surface area contributed by atoms with Crippen molar-refractivity contribution in [1.82, 2.24) is 4.90 Å². The van der Waals surface area contributed by atoms with E-state index in [4.69, 9.17) is 0 Å². The van der Waals surface area contributed by atoms with E-state index in [-0.39, 0.29) is 17.7 Å². The molecule has 1 heterocycles. The molecule has 0 bridgehead atoms. The maximum absolute atomic E-state index is 12.7. The average molecular weight is 398 g/mol. The van der Waals surface area contributed by atoms with Gasteiger partial charge < -0.3 is 10.6 Å². The molecule has 5 nitrogen and oxygen atoms in total. The Kier molecular flexibility index (Phi) is 7.12. The van der Waals surface area contributed by atoms with Crippen LogP contribution in [0.2, 0.25) is 0 Å². The first kappa shape index (κ1) is 20.4. The lowest BCUT2D eigenvalue weighted by Crippen LogP contribution is -2.32. The van der Waals surface area contributed by atoms with Crippen molar-refractivity contribution in [3.8, 4) is 0 Å². The zero-order valence-corrected chi connectivity index (χ0v) is 17.2. The van der Waals surface area contributed by atoms with Crippen molar-refractivity contribution in [3.05, 3.63) is 59.7 Å². The normalized spacial score (nSPS) is 14.7. The minimum Gasteiger partial charge on any atom is -0.326 e. The number of nitrogens with zero attached hydrogens (tertiary/aromatic N) is 1. The van der Waals surface area contributed by atoms with Gasteiger partial charge in [-0.05, 0) is 35.9 Å². The zero-order valence-electron chi connectivity index (χ0n) is 16.4. The average Bonchev–Trinajstić information content (AvgIpc) is 2.70. The number of anilines is 2. The highest BCUT2D eigenvalue weighted by molar-refractivity contribution is 7.99. The van der Waals surface area contributed by atoms with Crippen LogP contribution < -0.4 is 10.6 Å². The molecule has 28 heavy (non-hydrogen) atoms. The Bertz CT molecular complexity index is 815. The van der Waals surface area contributed by atoms with Crippen molar-refractivity contribution >= 4 is 35.0 Å². The highest BCUT2D eigenvalue weighted by Crippen LogP contribution is 2.21. The number of hydrogen-bond donors (Lipinski definition) is 2. The smallest absolute Gasteiger partial charge is 0.255 e. The molecule has 2 aromatic rings. The van der Waals surface area contributed by atoms with Crippen LogP contribution in [-0.4, -0.2) is 41.3 Å². The number of para-hydroxylation sites is 1. The van der Waals surface area contributed by atoms with Gasteiger partial charge in [-0.2, -0.15) is 11.8 Å². The van der Waals surface area contributed by atoms with E-state index in [0.717, 1.165) is 42.4 Å². The number of amides is 2. The molecule has 0 radical (unpaired) electrons. The maximum atomic E-state index is 12.7. The maximum Gasteiger partial charge on any atom is 0.255 e. The molecule has 0 saturated carbocycles. The molecule has 2 amide bonds. The molecule has 0 aliphatic carbocycles. The third-order valence-corrected chi connectivity index (χ3v) is 5.64. The van der Waals surface area contributed by atoms with E-state index in [1.807, 2.05) is 43.8 Å². The highest BCUT2D eigenvalue weighted by atomic mass is 32.2. The van der Waals surface area contributed by atoms with Gasteiger partial charge in [-0.1, -0.05) is 32.0 Å². The van der Waals surface area contributed by atoms with Crippen molar-refractivity contribution in [1.29, 1.82) is 0 Å². The Morgan fingerprint density at radius 3 is 2.36 bits per heavy atom. The van der Waals surface area contributed by atoms with Gasteiger partial charge in [-0.3, -0.25) is 14.5 Å². The number of hydrogen-bond acceptors (Lipinski definition) is 4. The first-order valence-corrected chi connectivity index (χ1v) is 10.8. The number of rotatable bonds is 6. The number of carbonyl (C=O) groups is 2. The summed E-state index contributed by atoms with van der Waals surface area (Å²) < 4.78 is 0. The summed E-state index contributed by atoms with van der Waals surface area (Å²) in [6, 6.07) is 14.9. The summed E-state index contributed by atoms with van der Waals surface area (Å²) in [5, 5.41) is 5.87. The molecular weight excluding hydrogens is 370 g/mol. The van der Waals surface area contributed by atoms with Gasteiger partial charge in [0, 0.05) is 54.0 Å². The number of thioether (sulfide) groups is 1. The monoisotopic (exact) mass is 397 g/mol. The number of benzene rings is 2. The summed E-state index contributed by atoms with van der Waals surface area (Å²) in [7, 11) is 0. The quantitative estimate of drug-likeness (QED) is 0.771. The van der Waals surface area contributed by atoms with Crippen LogP contribution in [0.4, 0.5) is 11.4 Å². The first-order chi connectivity index (χ1) is 13.5. The molecule has 2 aromatic carbocycles. The summed E-state index contributed by atoms with van der Waals surface area (Å²) in [4.78, 5) is 26.9. The molecule has 3 rings (SSSR count). The molecule has 1 aliphatic heterocycles. The van der Waals surface area contributed by atoms with Crippen LogP contribution in [0.25, 0.3) is 0 Å². The lowest BCUT2D eigenvalue weighted by Gasteiger charge is -2.27. The van der Waals surface area contributed by atoms with Crippen LogP contribution in [0.5, 0.6) is 0 Å². The van der Waals surface area contributed by atoms with E-state index < -0.39 is 0 Å². The third-order valence-electron chi connectivity index (χ3n) is 4.70. The topological polar surface area (TPSA) is 61.4 Å². The SMILES string of the molecule is CC(C)C(=O)Nc1ccc(C(=O)Nc2ccccc2CN2CCSCC2)cc1. The minimum absolute atomic E-state index is 0.0396. The summed E-state index contributed by atoms with van der Waals surface area (Å²) in [6.45, 7) is 6.69. The van der Waals surface area contributed by atoms with Crippen LogP contribution in [-0.2, 0) is 11.3 Å². The standard InChI is InChI=1S/C22H27N3O2S/c1-16(2)21(26)23-19-9-7-17(8-10-19)22(27)24-20-6-4-3-5-18(20)15-25-11-13-28-14-12-25/h3-10,16H,11-15H2,1-2H3,(H,23,26)(H,24,27). The number of nitrogens with one attached hydrogen (secondary N) is 2. The molecule has 1 saturated heterocycles. The predicted molar refractivity (Wildman–Crippen MR) is 117 cm³/mol. The van der Waals surface area contributed by atoms with Crippen molar-refractivity contribution in [2.75, 3.05) is 35.2 Å². The van der Waals surface area contributed by atoms with Crippen molar-refractivity contribution in [2.45, 2.75) is 20.4 Å². The summed E-state index contributed by atoms with van der Waals surface area (Å²) in [6.07, 6.45) is 0. The van der Waals surface area contributed by atoms with E-state index in [1.165, 1.54) is 0 Å². The van der Waals surface area contributed by atoms with Gasteiger partial charge in [-0.25, -0.2) is 0 Å². The first-order valence-electron chi connectivity index (χ1n) is 9.63. The lowest BCUT2D eigenvalue weighted by molar-refractivity contribution is -0.118. The summed E-state index contributed by atoms with van der Waals surface area (Å²) in [5.41, 5.74) is 3.23. The predicted octanol–water partition coefficient (Wildman–Crippen LogP) is 4.08. The fourth-order valence-corrected chi connectivity index (χ4v) is 3.95. The molecule has 0 atom stereocenters. The van der Waals surface area contributed by atoms with Gasteiger partial charge in [0.15, 0.2) is 0 Å². The van der Waals surface area contributed by atoms with Gasteiger partial charge in [-0.15, -0.1) is 0 Å². The molecule has 1 aliphatic rings. The second kappa shape index (κ2) is 9.75. The van der Waals surface area contributed by atoms with E-state index in [2.05, 4.69) is 21.6 Å². The zero-order chi connectivity index (χ0) is 19.9. The van der Waals surface area contributed by atoms with Crippen LogP contribution in [0.1, 0.15) is 29.8 Å². The van der Waals surface area contributed by atoms with Crippen molar-refractivity contribution in [3.63, 3.8) is 0 Å². The second-order valence-electron chi connectivity index (χ2n) is 7.22. The molecule has 148 valence electrons. The van der Waals surface area contributed by atoms with E-state index in [1.54, 1.807) is 24.3 Å². The van der Waals surface area contributed by atoms with Crippen LogP contribution >= 0.6 is 11.8 Å². The van der Waals surface area contributed by atoms with Gasteiger partial charge in [0.05, 0.1) is 0 Å². The van der Waals surface area contributed by atoms with Gasteiger partial charge in [0.2, 0.25) is 5.91 Å². The second-order valence-corrected chi connectivity index (χ2v) is 8.45. The molecule has 6 heteroatoms. The summed E-state index contributed by atoms with van der Waals surface area (Å²) >= 11 is 1.99. The van der Waals surface area contributed by atoms with Crippen molar-refractivity contribution in [2.24, 2.45) is 5.92 Å². The molecule has 2 N–H and O–H groups in total. The van der Waals surface area contributed by atoms with E-state index in [0.29, 0.717) is 11.3 Å². The molecule has 0 unspecified atom stereocenters.